The van der Waals surface area contributed by atoms with Gasteiger partial charge in [0.2, 0.25) is 11.9 Å². The minimum absolute atomic E-state index is 0.00273. The van der Waals surface area contributed by atoms with Crippen LogP contribution < -0.4 is 25.8 Å². The molecule has 0 saturated carbocycles. The van der Waals surface area contributed by atoms with E-state index < -0.39 is 0 Å². The third-order valence-electron chi connectivity index (χ3n) is 6.05. The highest BCUT2D eigenvalue weighted by Crippen LogP contribution is 2.28. The molecule has 4 N–H and O–H groups in total. The maximum Gasteiger partial charge on any atom is 0.281 e. The lowest BCUT2D eigenvalue weighted by Crippen LogP contribution is -2.16. The summed E-state index contributed by atoms with van der Waals surface area (Å²) in [5.74, 6) is 1.31. The Balaban J connectivity index is 1.15. The predicted octanol–water partition coefficient (Wildman–Crippen LogP) is 4.69. The fraction of sp³-hybridized carbons (Fsp3) is 0.250. The van der Waals surface area contributed by atoms with Crippen LogP contribution in [0.2, 0.25) is 0 Å². The summed E-state index contributed by atoms with van der Waals surface area (Å²) >= 11 is 0. The molecule has 9 nitrogen and oxygen atoms in total. The van der Waals surface area contributed by atoms with Crippen molar-refractivity contribution in [1.29, 1.82) is 0 Å². The molecule has 0 radical (unpaired) electrons. The minimum Gasteiger partial charge on any atom is -0.494 e. The minimum atomic E-state index is -0.378. The first-order chi connectivity index (χ1) is 18.0. The summed E-state index contributed by atoms with van der Waals surface area (Å²) < 4.78 is 12.6. The van der Waals surface area contributed by atoms with E-state index in [1.807, 2.05) is 38.1 Å². The number of rotatable bonds is 9. The van der Waals surface area contributed by atoms with Gasteiger partial charge in [-0.2, -0.15) is 9.67 Å². The zero-order valence-electron chi connectivity index (χ0n) is 20.8. The molecule has 5 rings (SSSR count). The second kappa shape index (κ2) is 10.7. The molecule has 1 aromatic heterocycles. The van der Waals surface area contributed by atoms with Crippen molar-refractivity contribution in [2.45, 2.75) is 39.0 Å². The van der Waals surface area contributed by atoms with Gasteiger partial charge in [0.25, 0.3) is 5.91 Å². The third kappa shape index (κ3) is 5.73. The first kappa shape index (κ1) is 24.3. The summed E-state index contributed by atoms with van der Waals surface area (Å²) in [5.41, 5.74) is 9.86. The van der Waals surface area contributed by atoms with E-state index in [9.17, 15) is 4.79 Å². The quantitative estimate of drug-likeness (QED) is 0.304. The van der Waals surface area contributed by atoms with Gasteiger partial charge in [-0.1, -0.05) is 24.3 Å². The van der Waals surface area contributed by atoms with Crippen LogP contribution in [0, 0.1) is 0 Å². The van der Waals surface area contributed by atoms with E-state index in [0.717, 1.165) is 29.1 Å². The molecule has 190 valence electrons. The van der Waals surface area contributed by atoms with Crippen molar-refractivity contribution >= 4 is 23.5 Å². The van der Waals surface area contributed by atoms with Gasteiger partial charge in [-0.15, -0.1) is 5.10 Å². The Bertz CT molecular complexity index is 1370. The molecular formula is C28H30N6O3. The van der Waals surface area contributed by atoms with Crippen LogP contribution in [-0.2, 0) is 6.54 Å². The van der Waals surface area contributed by atoms with Gasteiger partial charge in [-0.05, 0) is 73.5 Å². The van der Waals surface area contributed by atoms with E-state index in [2.05, 4.69) is 45.0 Å². The lowest BCUT2D eigenvalue weighted by atomic mass is 10.0. The molecule has 0 aliphatic carbocycles. The van der Waals surface area contributed by atoms with E-state index in [-0.39, 0.29) is 23.9 Å². The van der Waals surface area contributed by atoms with Crippen molar-refractivity contribution in [3.8, 4) is 11.5 Å². The van der Waals surface area contributed by atoms with E-state index in [1.54, 1.807) is 24.3 Å². The largest absolute Gasteiger partial charge is 0.494 e. The van der Waals surface area contributed by atoms with Crippen molar-refractivity contribution in [2.75, 3.05) is 17.7 Å². The lowest BCUT2D eigenvalue weighted by molar-refractivity contribution is 0.0948. The maximum atomic E-state index is 12.9. The number of benzene rings is 3. The Morgan fingerprint density at radius 1 is 1.08 bits per heavy atom. The predicted molar refractivity (Wildman–Crippen MR) is 142 cm³/mol. The number of hydrogen-bond donors (Lipinski definition) is 3. The molecule has 37 heavy (non-hydrogen) atoms. The molecule has 2 heterocycles. The summed E-state index contributed by atoms with van der Waals surface area (Å²) in [5, 5.41) is 10.9. The van der Waals surface area contributed by atoms with Crippen LogP contribution in [0.4, 0.5) is 17.6 Å². The van der Waals surface area contributed by atoms with E-state index in [1.165, 1.54) is 11.1 Å². The zero-order valence-corrected chi connectivity index (χ0v) is 20.8. The molecule has 9 heteroatoms. The summed E-state index contributed by atoms with van der Waals surface area (Å²) in [7, 11) is 0. The first-order valence-corrected chi connectivity index (χ1v) is 12.3. The van der Waals surface area contributed by atoms with Gasteiger partial charge in [0, 0.05) is 30.3 Å². The Kier molecular flexibility index (Phi) is 7.04. The fourth-order valence-electron chi connectivity index (χ4n) is 4.29. The molecule has 1 aliphatic rings. The van der Waals surface area contributed by atoms with Crippen LogP contribution in [0.1, 0.15) is 47.8 Å². The average Bonchev–Trinajstić information content (AvgIpc) is 3.48. The number of fused-ring (bicyclic) bond motifs is 1. The molecular weight excluding hydrogens is 468 g/mol. The summed E-state index contributed by atoms with van der Waals surface area (Å²) in [6, 6.07) is 23.1. The summed E-state index contributed by atoms with van der Waals surface area (Å²) in [6.45, 7) is 5.39. The van der Waals surface area contributed by atoms with Crippen molar-refractivity contribution in [3.05, 3.63) is 89.5 Å². The van der Waals surface area contributed by atoms with Crippen molar-refractivity contribution < 1.29 is 14.3 Å². The summed E-state index contributed by atoms with van der Waals surface area (Å²) in [6.07, 6.45) is 0.938. The van der Waals surface area contributed by atoms with Gasteiger partial charge in [0.1, 0.15) is 11.5 Å². The standard InChI is InChI=1S/C28H30N6O3/c1-18(2)37-23-11-7-19(8-12-23)26(35)34-27(29)32-28(33-34)31-21-9-13-22(14-10-21)36-16-15-25-24-6-4-3-5-20(24)17-30-25/h3-14,18,25,30H,15-17H2,1-2H3,(H3,29,31,32,33). The number of aromatic nitrogens is 3. The molecule has 0 spiro atoms. The van der Waals surface area contributed by atoms with E-state index in [0.29, 0.717) is 24.0 Å². The number of nitrogens with one attached hydrogen (secondary N) is 2. The van der Waals surface area contributed by atoms with Gasteiger partial charge < -0.3 is 25.8 Å². The molecule has 0 bridgehead atoms. The van der Waals surface area contributed by atoms with Crippen LogP contribution in [0.3, 0.4) is 0 Å². The van der Waals surface area contributed by atoms with Crippen molar-refractivity contribution in [2.24, 2.45) is 0 Å². The molecule has 1 aliphatic heterocycles. The molecule has 0 amide bonds. The Morgan fingerprint density at radius 3 is 2.57 bits per heavy atom. The zero-order chi connectivity index (χ0) is 25.8. The fourth-order valence-corrected chi connectivity index (χ4v) is 4.29. The van der Waals surface area contributed by atoms with Crippen molar-refractivity contribution in [3.63, 3.8) is 0 Å². The number of anilines is 3. The molecule has 4 aromatic rings. The van der Waals surface area contributed by atoms with Crippen LogP contribution in [0.15, 0.2) is 72.8 Å². The van der Waals surface area contributed by atoms with E-state index >= 15 is 0 Å². The SMILES string of the molecule is CC(C)Oc1ccc(C(=O)n2nc(Nc3ccc(OCCC4NCc5ccccc54)cc3)nc2N)cc1. The topological polar surface area (TPSA) is 116 Å². The van der Waals surface area contributed by atoms with Crippen LogP contribution >= 0.6 is 0 Å². The lowest BCUT2D eigenvalue weighted by Gasteiger charge is -2.13. The Labute approximate surface area is 215 Å². The van der Waals surface area contributed by atoms with Gasteiger partial charge >= 0.3 is 0 Å². The second-order valence-corrected chi connectivity index (χ2v) is 9.12. The van der Waals surface area contributed by atoms with E-state index in [4.69, 9.17) is 15.2 Å². The normalized spacial score (nSPS) is 14.4. The number of hydrogen-bond acceptors (Lipinski definition) is 8. The number of nitrogens with zero attached hydrogens (tertiary/aromatic N) is 3. The second-order valence-electron chi connectivity index (χ2n) is 9.12. The third-order valence-corrected chi connectivity index (χ3v) is 6.05. The number of ether oxygens (including phenoxy) is 2. The van der Waals surface area contributed by atoms with Gasteiger partial charge in [-0.25, -0.2) is 0 Å². The van der Waals surface area contributed by atoms with Gasteiger partial charge in [0.15, 0.2) is 0 Å². The average molecular weight is 499 g/mol. The van der Waals surface area contributed by atoms with Crippen molar-refractivity contribution in [1.82, 2.24) is 20.1 Å². The maximum absolute atomic E-state index is 12.9. The first-order valence-electron chi connectivity index (χ1n) is 12.3. The molecule has 1 unspecified atom stereocenters. The number of nitrogens with two attached hydrogens (primary N) is 1. The summed E-state index contributed by atoms with van der Waals surface area (Å²) in [4.78, 5) is 17.0. The molecule has 0 saturated heterocycles. The van der Waals surface area contributed by atoms with Gasteiger partial charge in [-0.3, -0.25) is 4.79 Å². The van der Waals surface area contributed by atoms with Crippen LogP contribution in [0.25, 0.3) is 0 Å². The monoisotopic (exact) mass is 498 g/mol. The molecule has 0 fully saturated rings. The smallest absolute Gasteiger partial charge is 0.281 e. The van der Waals surface area contributed by atoms with Crippen LogP contribution in [-0.4, -0.2) is 33.4 Å². The number of carbonyl (C=O) groups excluding carboxylic acids is 1. The highest BCUT2D eigenvalue weighted by molar-refractivity contribution is 5.97. The van der Waals surface area contributed by atoms with Gasteiger partial charge in [0.05, 0.1) is 12.7 Å². The Morgan fingerprint density at radius 2 is 1.81 bits per heavy atom. The molecule has 3 aromatic carbocycles. The highest BCUT2D eigenvalue weighted by atomic mass is 16.5. The number of carbonyl (C=O) groups is 1. The highest BCUT2D eigenvalue weighted by Gasteiger charge is 2.21. The number of nitrogen functional groups attached to an aromatic ring is 1. The molecule has 1 atom stereocenters. The van der Waals surface area contributed by atoms with Crippen LogP contribution in [0.5, 0.6) is 11.5 Å². The Hall–Kier alpha value is -4.37.